The molecule has 154 valence electrons. The maximum Gasteiger partial charge on any atom is 0.254 e. The molecule has 7 heteroatoms. The lowest BCUT2D eigenvalue weighted by Gasteiger charge is -2.33. The van der Waals surface area contributed by atoms with Crippen molar-refractivity contribution in [3.05, 3.63) is 90.0 Å². The third-order valence-electron chi connectivity index (χ3n) is 5.58. The maximum absolute atomic E-state index is 13.2. The predicted molar refractivity (Wildman–Crippen MR) is 115 cm³/mol. The van der Waals surface area contributed by atoms with Gasteiger partial charge in [0.25, 0.3) is 5.91 Å². The van der Waals surface area contributed by atoms with Crippen molar-refractivity contribution in [1.82, 2.24) is 24.6 Å². The van der Waals surface area contributed by atoms with Gasteiger partial charge < -0.3 is 9.47 Å². The highest BCUT2D eigenvalue weighted by Gasteiger charge is 2.32. The highest BCUT2D eigenvalue weighted by molar-refractivity contribution is 5.94. The van der Waals surface area contributed by atoms with Crippen LogP contribution in [0.2, 0.25) is 0 Å². The first-order valence-corrected chi connectivity index (χ1v) is 10.1. The molecule has 6 nitrogen and oxygen atoms in total. The van der Waals surface area contributed by atoms with Gasteiger partial charge in [0, 0.05) is 24.2 Å². The molecule has 1 amide bonds. The zero-order valence-corrected chi connectivity index (χ0v) is 16.9. The fraction of sp³-hybridized carbons (Fsp3) is 0.167. The number of hydrogen-bond donors (Lipinski definition) is 0. The van der Waals surface area contributed by atoms with E-state index >= 15 is 0 Å². The molecule has 1 aliphatic heterocycles. The third-order valence-corrected chi connectivity index (χ3v) is 5.58. The van der Waals surface area contributed by atoms with Gasteiger partial charge in [0.15, 0.2) is 11.6 Å². The number of aromatic nitrogens is 4. The minimum Gasteiger partial charge on any atom is -0.327 e. The van der Waals surface area contributed by atoms with Crippen LogP contribution >= 0.6 is 0 Å². The Morgan fingerprint density at radius 1 is 0.903 bits per heavy atom. The van der Waals surface area contributed by atoms with Gasteiger partial charge in [-0.15, -0.1) is 10.2 Å². The molecule has 1 unspecified atom stereocenters. The van der Waals surface area contributed by atoms with Crippen LogP contribution in [0.25, 0.3) is 22.8 Å². The van der Waals surface area contributed by atoms with E-state index in [1.165, 1.54) is 24.3 Å². The largest absolute Gasteiger partial charge is 0.327 e. The van der Waals surface area contributed by atoms with Crippen LogP contribution in [0.4, 0.5) is 4.39 Å². The number of hydrogen-bond acceptors (Lipinski definition) is 4. The van der Waals surface area contributed by atoms with Crippen LogP contribution in [0.15, 0.2) is 72.8 Å². The van der Waals surface area contributed by atoms with Crippen LogP contribution in [0.1, 0.15) is 29.1 Å². The van der Waals surface area contributed by atoms with Crippen LogP contribution < -0.4 is 0 Å². The summed E-state index contributed by atoms with van der Waals surface area (Å²) in [6, 6.07) is 21.2. The Kier molecular flexibility index (Phi) is 4.78. The normalized spacial score (nSPS) is 15.5. The number of benzene rings is 2. The minimum absolute atomic E-state index is 0.146. The fourth-order valence-corrected chi connectivity index (χ4v) is 3.94. The molecule has 0 aliphatic carbocycles. The van der Waals surface area contributed by atoms with Crippen molar-refractivity contribution in [2.75, 3.05) is 6.54 Å². The van der Waals surface area contributed by atoms with Crippen molar-refractivity contribution in [3.63, 3.8) is 0 Å². The van der Waals surface area contributed by atoms with Gasteiger partial charge in [-0.2, -0.15) is 0 Å². The van der Waals surface area contributed by atoms with Gasteiger partial charge in [0.05, 0.1) is 11.7 Å². The lowest BCUT2D eigenvalue weighted by molar-refractivity contribution is 0.0638. The zero-order chi connectivity index (χ0) is 21.4. The van der Waals surface area contributed by atoms with Crippen LogP contribution in [-0.4, -0.2) is 37.1 Å². The quantitative estimate of drug-likeness (QED) is 0.501. The molecule has 0 saturated carbocycles. The number of halogens is 1. The second-order valence-electron chi connectivity index (χ2n) is 7.49. The standard InChI is InChI=1S/C24H20FN5O/c1-16-22-27-28-23(21-9-5-8-20(26-21)17-6-3-2-4-7-17)30(22)15-14-29(16)24(31)18-10-12-19(25)13-11-18/h2-13,16H,14-15H2,1H3. The summed E-state index contributed by atoms with van der Waals surface area (Å²) in [5.74, 6) is 0.891. The van der Waals surface area contributed by atoms with Crippen molar-refractivity contribution in [2.24, 2.45) is 0 Å². The van der Waals surface area contributed by atoms with Gasteiger partial charge in [-0.05, 0) is 43.3 Å². The second-order valence-corrected chi connectivity index (χ2v) is 7.49. The summed E-state index contributed by atoms with van der Waals surface area (Å²) in [4.78, 5) is 19.5. The Hall–Kier alpha value is -3.87. The number of fused-ring (bicyclic) bond motifs is 1. The van der Waals surface area contributed by atoms with Crippen LogP contribution in [0, 0.1) is 5.82 Å². The summed E-state index contributed by atoms with van der Waals surface area (Å²) in [7, 11) is 0. The average molecular weight is 413 g/mol. The molecule has 31 heavy (non-hydrogen) atoms. The molecule has 0 fully saturated rings. The number of rotatable bonds is 3. The first-order valence-electron chi connectivity index (χ1n) is 10.1. The van der Waals surface area contributed by atoms with Crippen LogP contribution in [0.3, 0.4) is 0 Å². The van der Waals surface area contributed by atoms with Crippen molar-refractivity contribution in [2.45, 2.75) is 19.5 Å². The summed E-state index contributed by atoms with van der Waals surface area (Å²) < 4.78 is 15.2. The van der Waals surface area contributed by atoms with Gasteiger partial charge in [-0.1, -0.05) is 36.4 Å². The molecule has 0 radical (unpaired) electrons. The summed E-state index contributed by atoms with van der Waals surface area (Å²) >= 11 is 0. The van der Waals surface area contributed by atoms with Crippen molar-refractivity contribution < 1.29 is 9.18 Å². The Morgan fingerprint density at radius 2 is 1.65 bits per heavy atom. The molecule has 4 aromatic rings. The monoisotopic (exact) mass is 413 g/mol. The number of carbonyl (C=O) groups excluding carboxylic acids is 1. The van der Waals surface area contributed by atoms with E-state index in [9.17, 15) is 9.18 Å². The molecule has 2 aromatic heterocycles. The molecular weight excluding hydrogens is 393 g/mol. The molecule has 0 saturated heterocycles. The van der Waals surface area contributed by atoms with Gasteiger partial charge in [-0.3, -0.25) is 4.79 Å². The highest BCUT2D eigenvalue weighted by Crippen LogP contribution is 2.29. The van der Waals surface area contributed by atoms with Crippen molar-refractivity contribution in [3.8, 4) is 22.8 Å². The SMILES string of the molecule is CC1c2nnc(-c3cccc(-c4ccccc4)n3)n2CCN1C(=O)c1ccc(F)cc1. The topological polar surface area (TPSA) is 63.9 Å². The summed E-state index contributed by atoms with van der Waals surface area (Å²) in [6.07, 6.45) is 0. The molecule has 0 bridgehead atoms. The molecule has 2 aromatic carbocycles. The van der Waals surface area contributed by atoms with E-state index in [4.69, 9.17) is 4.98 Å². The summed E-state index contributed by atoms with van der Waals surface area (Å²) in [6.45, 7) is 3.00. The molecule has 1 aliphatic rings. The van der Waals surface area contributed by atoms with Gasteiger partial charge >= 0.3 is 0 Å². The fourth-order valence-electron chi connectivity index (χ4n) is 3.94. The first kappa shape index (κ1) is 19.1. The van der Waals surface area contributed by atoms with E-state index < -0.39 is 0 Å². The maximum atomic E-state index is 13.2. The van der Waals surface area contributed by atoms with Crippen LogP contribution in [-0.2, 0) is 6.54 Å². The van der Waals surface area contributed by atoms with E-state index in [1.54, 1.807) is 4.90 Å². The summed E-state index contributed by atoms with van der Waals surface area (Å²) in [5.41, 5.74) is 3.10. The lowest BCUT2D eigenvalue weighted by Crippen LogP contribution is -2.41. The Morgan fingerprint density at radius 3 is 2.42 bits per heavy atom. The van der Waals surface area contributed by atoms with Crippen molar-refractivity contribution in [1.29, 1.82) is 0 Å². The highest BCUT2D eigenvalue weighted by atomic mass is 19.1. The van der Waals surface area contributed by atoms with E-state index in [2.05, 4.69) is 10.2 Å². The van der Waals surface area contributed by atoms with E-state index in [-0.39, 0.29) is 17.8 Å². The van der Waals surface area contributed by atoms with Gasteiger partial charge in [-0.25, -0.2) is 9.37 Å². The van der Waals surface area contributed by atoms with Crippen molar-refractivity contribution >= 4 is 5.91 Å². The number of amides is 1. The predicted octanol–water partition coefficient (Wildman–Crippen LogP) is 4.36. The Balaban J connectivity index is 1.45. The molecule has 0 spiro atoms. The van der Waals surface area contributed by atoms with E-state index in [0.717, 1.165) is 17.0 Å². The molecule has 0 N–H and O–H groups in total. The number of pyridine rings is 1. The van der Waals surface area contributed by atoms with E-state index in [1.807, 2.05) is 60.0 Å². The molecule has 1 atom stereocenters. The van der Waals surface area contributed by atoms with Gasteiger partial charge in [0.2, 0.25) is 0 Å². The number of nitrogens with zero attached hydrogens (tertiary/aromatic N) is 5. The van der Waals surface area contributed by atoms with Crippen LogP contribution in [0.5, 0.6) is 0 Å². The average Bonchev–Trinajstić information content (AvgIpc) is 3.25. The lowest BCUT2D eigenvalue weighted by atomic mass is 10.1. The molecular formula is C24H20FN5O. The zero-order valence-electron chi connectivity index (χ0n) is 16.9. The Labute approximate surface area is 179 Å². The van der Waals surface area contributed by atoms with Gasteiger partial charge in [0.1, 0.15) is 11.5 Å². The minimum atomic E-state index is -0.363. The second kappa shape index (κ2) is 7.75. The first-order chi connectivity index (χ1) is 15.1. The third kappa shape index (κ3) is 3.48. The smallest absolute Gasteiger partial charge is 0.254 e. The molecule has 3 heterocycles. The molecule has 5 rings (SSSR count). The number of carbonyl (C=O) groups is 1. The Bertz CT molecular complexity index is 1240. The summed E-state index contributed by atoms with van der Waals surface area (Å²) in [5, 5.41) is 8.77. The van der Waals surface area contributed by atoms with E-state index in [0.29, 0.717) is 30.3 Å².